The van der Waals surface area contributed by atoms with Crippen molar-refractivity contribution in [2.75, 3.05) is 17.2 Å². The van der Waals surface area contributed by atoms with Gasteiger partial charge in [-0.15, -0.1) is 0 Å². The molecule has 3 rings (SSSR count). The first kappa shape index (κ1) is 22.5. The molecule has 1 amide bonds. The molecular weight excluding hydrogens is 401 g/mol. The summed E-state index contributed by atoms with van der Waals surface area (Å²) >= 11 is 0. The number of hydrogen-bond acceptors (Lipinski definition) is 7. The van der Waals surface area contributed by atoms with Gasteiger partial charge in [-0.25, -0.2) is 14.4 Å². The van der Waals surface area contributed by atoms with Crippen molar-refractivity contribution >= 4 is 34.2 Å². The number of oxazole rings is 1. The lowest BCUT2D eigenvalue weighted by Gasteiger charge is -2.20. The molecule has 9 heteroatoms. The molecular formula is C22H28FN5O3. The van der Waals surface area contributed by atoms with Crippen molar-refractivity contribution in [2.45, 2.75) is 46.0 Å². The Morgan fingerprint density at radius 2 is 1.97 bits per heavy atom. The lowest BCUT2D eigenvalue weighted by Crippen LogP contribution is -2.39. The average Bonchev–Trinajstić information content (AvgIpc) is 3.18. The summed E-state index contributed by atoms with van der Waals surface area (Å²) < 4.78 is 19.4. The summed E-state index contributed by atoms with van der Waals surface area (Å²) in [6, 6.07) is 7.26. The summed E-state index contributed by atoms with van der Waals surface area (Å²) in [5.74, 6) is -0.186. The molecule has 8 nitrogen and oxygen atoms in total. The van der Waals surface area contributed by atoms with Gasteiger partial charge in [-0.05, 0) is 31.9 Å². The Hall–Kier alpha value is -3.20. The number of nitrogens with zero attached hydrogens (tertiary/aromatic N) is 2. The molecule has 0 saturated carbocycles. The van der Waals surface area contributed by atoms with Crippen molar-refractivity contribution in [1.29, 1.82) is 0 Å². The molecule has 0 spiro atoms. The first-order valence-electron chi connectivity index (χ1n) is 10.2. The molecule has 0 radical (unpaired) electrons. The highest BCUT2D eigenvalue weighted by molar-refractivity contribution is 6.00. The normalized spacial score (nSPS) is 13.4. The number of halogens is 1. The number of hydrogen-bond donors (Lipinski definition) is 4. The molecule has 166 valence electrons. The van der Waals surface area contributed by atoms with Gasteiger partial charge >= 0.3 is 0 Å². The van der Waals surface area contributed by atoms with E-state index in [-0.39, 0.29) is 24.1 Å². The van der Waals surface area contributed by atoms with E-state index in [0.717, 1.165) is 11.2 Å². The van der Waals surface area contributed by atoms with E-state index in [0.29, 0.717) is 17.1 Å². The van der Waals surface area contributed by atoms with Crippen LogP contribution in [0.2, 0.25) is 0 Å². The highest BCUT2D eigenvalue weighted by atomic mass is 19.1. The van der Waals surface area contributed by atoms with Crippen LogP contribution in [0, 0.1) is 5.92 Å². The molecule has 31 heavy (non-hydrogen) atoms. The molecule has 0 saturated heterocycles. The Labute approximate surface area is 180 Å². The van der Waals surface area contributed by atoms with Crippen LogP contribution in [0.15, 0.2) is 41.3 Å². The number of benzene rings is 1. The van der Waals surface area contributed by atoms with Crippen molar-refractivity contribution in [3.05, 3.63) is 42.4 Å². The number of amides is 1. The lowest BCUT2D eigenvalue weighted by atomic mass is 10.0. The maximum Gasteiger partial charge on any atom is 0.255 e. The topological polar surface area (TPSA) is 112 Å². The molecule has 1 aromatic carbocycles. The summed E-state index contributed by atoms with van der Waals surface area (Å²) in [4.78, 5) is 21.1. The van der Waals surface area contributed by atoms with Gasteiger partial charge in [0.05, 0.1) is 23.9 Å². The first-order chi connectivity index (χ1) is 14.7. The van der Waals surface area contributed by atoms with Crippen LogP contribution in [0.4, 0.5) is 21.6 Å². The predicted octanol–water partition coefficient (Wildman–Crippen LogP) is 3.87. The van der Waals surface area contributed by atoms with Gasteiger partial charge in [0, 0.05) is 30.1 Å². The van der Waals surface area contributed by atoms with Crippen molar-refractivity contribution in [3.8, 4) is 0 Å². The summed E-state index contributed by atoms with van der Waals surface area (Å²) in [7, 11) is 0. The summed E-state index contributed by atoms with van der Waals surface area (Å²) in [5, 5.41) is 18.8. The second kappa shape index (κ2) is 9.74. The highest BCUT2D eigenvalue weighted by Gasteiger charge is 2.23. The SMILES string of the molecule is CC(C)Nc1cc(Nc2ccc3ncoc3c2)ncc1C(=O)NCC(F)C(O)C(C)C. The Kier molecular flexibility index (Phi) is 7.06. The standard InChI is InChI=1S/C22H28FN5O3/c1-12(2)21(29)16(23)10-25-22(30)15-9-24-20(8-18(15)27-13(3)4)28-14-5-6-17-19(7-14)31-11-26-17/h5-9,11-13,16,21,29H,10H2,1-4H3,(H,25,30)(H2,24,27,28). The molecule has 0 fully saturated rings. The first-order valence-corrected chi connectivity index (χ1v) is 10.2. The largest absolute Gasteiger partial charge is 0.443 e. The number of fused-ring (bicyclic) bond motifs is 1. The van der Waals surface area contributed by atoms with Gasteiger partial charge in [-0.2, -0.15) is 0 Å². The van der Waals surface area contributed by atoms with Crippen molar-refractivity contribution in [1.82, 2.24) is 15.3 Å². The molecule has 3 aromatic rings. The third-order valence-corrected chi connectivity index (χ3v) is 4.71. The summed E-state index contributed by atoms with van der Waals surface area (Å²) in [6.07, 6.45) is 0.124. The zero-order valence-electron chi connectivity index (χ0n) is 18.0. The number of carbonyl (C=O) groups is 1. The fraction of sp³-hybridized carbons (Fsp3) is 0.409. The van der Waals surface area contributed by atoms with Gasteiger partial charge in [0.15, 0.2) is 12.0 Å². The zero-order chi connectivity index (χ0) is 22.5. The van der Waals surface area contributed by atoms with E-state index in [2.05, 4.69) is 25.9 Å². The molecule has 0 bridgehead atoms. The van der Waals surface area contributed by atoms with Crippen LogP contribution in [-0.2, 0) is 0 Å². The second-order valence-corrected chi connectivity index (χ2v) is 8.03. The van der Waals surface area contributed by atoms with Crippen LogP contribution >= 0.6 is 0 Å². The summed E-state index contributed by atoms with van der Waals surface area (Å²) in [6.45, 7) is 7.06. The number of aliphatic hydroxyl groups is 1. The second-order valence-electron chi connectivity index (χ2n) is 8.03. The fourth-order valence-electron chi connectivity index (χ4n) is 3.04. The zero-order valence-corrected chi connectivity index (χ0v) is 18.0. The Bertz CT molecular complexity index is 1040. The molecule has 0 aliphatic heterocycles. The molecule has 0 aliphatic rings. The van der Waals surface area contributed by atoms with E-state index >= 15 is 0 Å². The van der Waals surface area contributed by atoms with Crippen LogP contribution in [0.25, 0.3) is 11.1 Å². The quantitative estimate of drug-likeness (QED) is 0.408. The van der Waals surface area contributed by atoms with E-state index in [1.54, 1.807) is 19.9 Å². The molecule has 2 unspecified atom stereocenters. The van der Waals surface area contributed by atoms with E-state index in [1.165, 1.54) is 12.6 Å². The minimum Gasteiger partial charge on any atom is -0.443 e. The van der Waals surface area contributed by atoms with Crippen LogP contribution in [0.5, 0.6) is 0 Å². The number of anilines is 3. The number of carbonyl (C=O) groups excluding carboxylic acids is 1. The van der Waals surface area contributed by atoms with Crippen LogP contribution in [-0.4, -0.2) is 45.8 Å². The smallest absolute Gasteiger partial charge is 0.255 e. The fourth-order valence-corrected chi connectivity index (χ4v) is 3.04. The number of rotatable bonds is 9. The highest BCUT2D eigenvalue weighted by Crippen LogP contribution is 2.24. The van der Waals surface area contributed by atoms with Gasteiger partial charge in [0.1, 0.15) is 17.5 Å². The number of nitrogens with one attached hydrogen (secondary N) is 3. The molecule has 2 aromatic heterocycles. The minimum absolute atomic E-state index is 0.0593. The van der Waals surface area contributed by atoms with Crippen LogP contribution in [0.1, 0.15) is 38.1 Å². The van der Waals surface area contributed by atoms with Gasteiger partial charge in [-0.1, -0.05) is 13.8 Å². The van der Waals surface area contributed by atoms with E-state index in [1.807, 2.05) is 32.0 Å². The van der Waals surface area contributed by atoms with Crippen LogP contribution in [0.3, 0.4) is 0 Å². The van der Waals surface area contributed by atoms with Crippen molar-refractivity contribution in [3.63, 3.8) is 0 Å². The Morgan fingerprint density at radius 3 is 2.68 bits per heavy atom. The number of aliphatic hydroxyl groups excluding tert-OH is 1. The molecule has 4 N–H and O–H groups in total. The Morgan fingerprint density at radius 1 is 1.19 bits per heavy atom. The number of aromatic nitrogens is 2. The maximum atomic E-state index is 14.1. The van der Waals surface area contributed by atoms with E-state index in [9.17, 15) is 14.3 Å². The molecule has 0 aliphatic carbocycles. The monoisotopic (exact) mass is 429 g/mol. The summed E-state index contributed by atoms with van der Waals surface area (Å²) in [5.41, 5.74) is 3.00. The number of pyridine rings is 1. The predicted molar refractivity (Wildman–Crippen MR) is 118 cm³/mol. The third kappa shape index (κ3) is 5.69. The van der Waals surface area contributed by atoms with Gasteiger partial charge in [-0.3, -0.25) is 4.79 Å². The number of alkyl halides is 1. The van der Waals surface area contributed by atoms with Gasteiger partial charge in [0.2, 0.25) is 0 Å². The van der Waals surface area contributed by atoms with Gasteiger partial charge < -0.3 is 25.5 Å². The maximum absolute atomic E-state index is 14.1. The minimum atomic E-state index is -1.55. The molecule has 2 heterocycles. The lowest BCUT2D eigenvalue weighted by molar-refractivity contribution is 0.0406. The molecule has 2 atom stereocenters. The third-order valence-electron chi connectivity index (χ3n) is 4.71. The van der Waals surface area contributed by atoms with Crippen LogP contribution < -0.4 is 16.0 Å². The Balaban J connectivity index is 1.76. The van der Waals surface area contributed by atoms with E-state index < -0.39 is 18.2 Å². The van der Waals surface area contributed by atoms with Crippen molar-refractivity contribution < 1.29 is 18.7 Å². The van der Waals surface area contributed by atoms with E-state index in [4.69, 9.17) is 4.42 Å². The van der Waals surface area contributed by atoms with Crippen molar-refractivity contribution in [2.24, 2.45) is 5.92 Å². The van der Waals surface area contributed by atoms with Gasteiger partial charge in [0.25, 0.3) is 5.91 Å². The average molecular weight is 429 g/mol.